The summed E-state index contributed by atoms with van der Waals surface area (Å²) < 4.78 is 28.9. The molecule has 0 saturated heterocycles. The molecule has 104 valence electrons. The first-order valence-electron chi connectivity index (χ1n) is 5.73. The molecule has 3 nitrogen and oxygen atoms in total. The van der Waals surface area contributed by atoms with Crippen molar-refractivity contribution in [3.05, 3.63) is 59.1 Å². The van der Waals surface area contributed by atoms with Gasteiger partial charge in [-0.2, -0.15) is 13.9 Å². The van der Waals surface area contributed by atoms with Crippen molar-refractivity contribution < 1.29 is 13.5 Å². The normalized spacial score (nSPS) is 11.0. The molecule has 0 aliphatic rings. The fourth-order valence-electron chi connectivity index (χ4n) is 1.51. The third-order valence-corrected chi connectivity index (χ3v) is 2.59. The van der Waals surface area contributed by atoms with Gasteiger partial charge < -0.3 is 4.74 Å². The number of hydrazone groups is 1. The van der Waals surface area contributed by atoms with E-state index in [1.807, 2.05) is 30.3 Å². The van der Waals surface area contributed by atoms with Gasteiger partial charge in [0.2, 0.25) is 0 Å². The third-order valence-electron chi connectivity index (χ3n) is 2.36. The van der Waals surface area contributed by atoms with E-state index >= 15 is 0 Å². The van der Waals surface area contributed by atoms with E-state index in [9.17, 15) is 8.78 Å². The number of alkyl halides is 2. The van der Waals surface area contributed by atoms with Crippen LogP contribution in [-0.2, 0) is 0 Å². The average Bonchev–Trinajstić information content (AvgIpc) is 2.42. The molecule has 0 aromatic heterocycles. The van der Waals surface area contributed by atoms with E-state index in [0.29, 0.717) is 10.6 Å². The number of nitrogens with one attached hydrogen (secondary N) is 1. The molecule has 6 heteroatoms. The minimum absolute atomic E-state index is 0.0167. The highest BCUT2D eigenvalue weighted by Crippen LogP contribution is 2.23. The van der Waals surface area contributed by atoms with Crippen molar-refractivity contribution >= 4 is 23.5 Å². The monoisotopic (exact) mass is 296 g/mol. The van der Waals surface area contributed by atoms with Gasteiger partial charge in [-0.15, -0.1) is 0 Å². The van der Waals surface area contributed by atoms with E-state index in [2.05, 4.69) is 15.3 Å². The van der Waals surface area contributed by atoms with Crippen molar-refractivity contribution in [3.63, 3.8) is 0 Å². The van der Waals surface area contributed by atoms with Crippen molar-refractivity contribution in [2.24, 2.45) is 5.10 Å². The molecule has 20 heavy (non-hydrogen) atoms. The highest BCUT2D eigenvalue weighted by Gasteiger charge is 2.08. The van der Waals surface area contributed by atoms with Gasteiger partial charge in [0.15, 0.2) is 0 Å². The van der Waals surface area contributed by atoms with Crippen LogP contribution in [0.15, 0.2) is 53.6 Å². The number of para-hydroxylation sites is 1. The van der Waals surface area contributed by atoms with Gasteiger partial charge in [-0.25, -0.2) is 0 Å². The van der Waals surface area contributed by atoms with Crippen LogP contribution in [-0.4, -0.2) is 12.8 Å². The van der Waals surface area contributed by atoms with Gasteiger partial charge in [0, 0.05) is 10.6 Å². The molecular formula is C14H11ClF2N2O. The molecule has 0 spiro atoms. The molecule has 0 amide bonds. The molecule has 0 fully saturated rings. The van der Waals surface area contributed by atoms with Gasteiger partial charge in [0.1, 0.15) is 5.75 Å². The van der Waals surface area contributed by atoms with Crippen molar-refractivity contribution in [1.82, 2.24) is 0 Å². The molecular weight excluding hydrogens is 286 g/mol. The smallest absolute Gasteiger partial charge is 0.387 e. The molecule has 0 bridgehead atoms. The maximum Gasteiger partial charge on any atom is 0.387 e. The first-order valence-corrected chi connectivity index (χ1v) is 6.11. The number of halogens is 3. The zero-order valence-corrected chi connectivity index (χ0v) is 11.0. The zero-order valence-electron chi connectivity index (χ0n) is 10.3. The summed E-state index contributed by atoms with van der Waals surface area (Å²) in [6, 6.07) is 13.6. The largest absolute Gasteiger partial charge is 0.434 e. The van der Waals surface area contributed by atoms with Crippen LogP contribution >= 0.6 is 11.6 Å². The minimum Gasteiger partial charge on any atom is -0.434 e. The Labute approximate surface area is 119 Å². The van der Waals surface area contributed by atoms with Gasteiger partial charge >= 0.3 is 6.61 Å². The lowest BCUT2D eigenvalue weighted by molar-refractivity contribution is -0.0499. The molecule has 0 aliphatic carbocycles. The highest BCUT2D eigenvalue weighted by molar-refractivity contribution is 6.30. The molecule has 2 aromatic rings. The summed E-state index contributed by atoms with van der Waals surface area (Å²) in [5, 5.41) is 4.37. The quantitative estimate of drug-likeness (QED) is 0.656. The summed E-state index contributed by atoms with van der Waals surface area (Å²) in [6.07, 6.45) is 1.37. The topological polar surface area (TPSA) is 33.6 Å². The number of hydrogen-bond acceptors (Lipinski definition) is 3. The summed E-state index contributed by atoms with van der Waals surface area (Å²) >= 11 is 5.82. The van der Waals surface area contributed by atoms with E-state index in [1.165, 1.54) is 24.4 Å². The molecule has 2 rings (SSSR count). The Morgan fingerprint density at radius 1 is 1.15 bits per heavy atom. The van der Waals surface area contributed by atoms with Crippen molar-refractivity contribution in [2.75, 3.05) is 5.43 Å². The standard InChI is InChI=1S/C14H11ClF2N2O/c15-11-6-7-13(20-14(16)17)10(8-11)9-18-19-12-4-2-1-3-5-12/h1-9,14,19H. The number of rotatable bonds is 5. The van der Waals surface area contributed by atoms with Crippen molar-refractivity contribution in [1.29, 1.82) is 0 Å². The Kier molecular flexibility index (Phi) is 4.90. The molecule has 0 saturated carbocycles. The highest BCUT2D eigenvalue weighted by atomic mass is 35.5. The van der Waals surface area contributed by atoms with E-state index in [4.69, 9.17) is 11.6 Å². The van der Waals surface area contributed by atoms with Gasteiger partial charge in [-0.1, -0.05) is 29.8 Å². The van der Waals surface area contributed by atoms with Crippen LogP contribution in [0, 0.1) is 0 Å². The number of benzene rings is 2. The average molecular weight is 297 g/mol. The summed E-state index contributed by atoms with van der Waals surface area (Å²) in [7, 11) is 0. The summed E-state index contributed by atoms with van der Waals surface area (Å²) in [4.78, 5) is 0. The predicted molar refractivity (Wildman–Crippen MR) is 75.7 cm³/mol. The Hall–Kier alpha value is -2.14. The van der Waals surface area contributed by atoms with E-state index in [1.54, 1.807) is 0 Å². The maximum atomic E-state index is 12.3. The molecule has 0 unspecified atom stereocenters. The third kappa shape index (κ3) is 4.20. The second-order valence-electron chi connectivity index (χ2n) is 3.80. The predicted octanol–water partition coefficient (Wildman–Crippen LogP) is 4.39. The van der Waals surface area contributed by atoms with Crippen LogP contribution in [0.5, 0.6) is 5.75 Å². The van der Waals surface area contributed by atoms with Gasteiger partial charge in [-0.05, 0) is 30.3 Å². The van der Waals surface area contributed by atoms with E-state index in [-0.39, 0.29) is 5.75 Å². The number of nitrogens with zero attached hydrogens (tertiary/aromatic N) is 1. The summed E-state index contributed by atoms with van der Waals surface area (Å²) in [6.45, 7) is -2.90. The van der Waals surface area contributed by atoms with E-state index in [0.717, 1.165) is 5.69 Å². The molecule has 2 aromatic carbocycles. The van der Waals surface area contributed by atoms with Crippen molar-refractivity contribution in [2.45, 2.75) is 6.61 Å². The van der Waals surface area contributed by atoms with Crippen molar-refractivity contribution in [3.8, 4) is 5.75 Å². The number of hydrogen-bond donors (Lipinski definition) is 1. The van der Waals surface area contributed by atoms with Crippen LogP contribution in [0.25, 0.3) is 0 Å². The lowest BCUT2D eigenvalue weighted by Crippen LogP contribution is -2.04. The summed E-state index contributed by atoms with van der Waals surface area (Å²) in [5.41, 5.74) is 3.92. The molecule has 0 atom stereocenters. The van der Waals surface area contributed by atoms with Crippen LogP contribution in [0.2, 0.25) is 5.02 Å². The van der Waals surface area contributed by atoms with E-state index < -0.39 is 6.61 Å². The first-order chi connectivity index (χ1) is 9.65. The summed E-state index contributed by atoms with van der Waals surface area (Å²) in [5.74, 6) is 0.0167. The Balaban J connectivity index is 2.13. The molecule has 0 heterocycles. The van der Waals surface area contributed by atoms with Crippen LogP contribution < -0.4 is 10.2 Å². The van der Waals surface area contributed by atoms with Gasteiger partial charge in [0.25, 0.3) is 0 Å². The van der Waals surface area contributed by atoms with Gasteiger partial charge in [0.05, 0.1) is 11.9 Å². The second kappa shape index (κ2) is 6.86. The van der Waals surface area contributed by atoms with Gasteiger partial charge in [-0.3, -0.25) is 5.43 Å². The molecule has 0 radical (unpaired) electrons. The number of anilines is 1. The molecule has 1 N–H and O–H groups in total. The van der Waals surface area contributed by atoms with Crippen LogP contribution in [0.4, 0.5) is 14.5 Å². The second-order valence-corrected chi connectivity index (χ2v) is 4.23. The van der Waals surface area contributed by atoms with Crippen LogP contribution in [0.1, 0.15) is 5.56 Å². The maximum absolute atomic E-state index is 12.3. The number of ether oxygens (including phenoxy) is 1. The molecule has 0 aliphatic heterocycles. The minimum atomic E-state index is -2.90. The van der Waals surface area contributed by atoms with Crippen LogP contribution in [0.3, 0.4) is 0 Å². The lowest BCUT2D eigenvalue weighted by atomic mass is 10.2. The Morgan fingerprint density at radius 3 is 2.60 bits per heavy atom. The first kappa shape index (κ1) is 14.3. The SMILES string of the molecule is FC(F)Oc1ccc(Cl)cc1C=NNc1ccccc1. The lowest BCUT2D eigenvalue weighted by Gasteiger charge is -2.08. The fourth-order valence-corrected chi connectivity index (χ4v) is 1.69. The zero-order chi connectivity index (χ0) is 14.4. The Bertz CT molecular complexity index is 591. The fraction of sp³-hybridized carbons (Fsp3) is 0.0714. The Morgan fingerprint density at radius 2 is 1.90 bits per heavy atom.